The summed E-state index contributed by atoms with van der Waals surface area (Å²) in [4.78, 5) is 12.6. The number of hydrogen-bond donors (Lipinski definition) is 0. The molecule has 0 bridgehead atoms. The van der Waals surface area contributed by atoms with Crippen LogP contribution in [0.2, 0.25) is 0 Å². The number of pyridine rings is 1. The van der Waals surface area contributed by atoms with E-state index < -0.39 is 144 Å². The van der Waals surface area contributed by atoms with E-state index in [1.807, 2.05) is 48.7 Å². The number of carbonyl (C=O) groups excluding carboxylic acids is 1. The van der Waals surface area contributed by atoms with Crippen molar-refractivity contribution in [1.82, 2.24) is 0 Å². The first-order valence-corrected chi connectivity index (χ1v) is 19.1. The Morgan fingerprint density at radius 3 is 1.09 bits per heavy atom. The highest BCUT2D eigenvalue weighted by atomic mass is 19.2. The first-order valence-electron chi connectivity index (χ1n) is 19.1. The fourth-order valence-corrected chi connectivity index (χ4v) is 8.17. The molecule has 0 radical (unpaired) electrons. The number of fused-ring (bicyclic) bond motifs is 1. The summed E-state index contributed by atoms with van der Waals surface area (Å²) in [6, 6.07) is 24.0. The Morgan fingerprint density at radius 2 is 0.710 bits per heavy atom. The third kappa shape index (κ3) is 7.76. The van der Waals surface area contributed by atoms with Gasteiger partial charge in [-0.1, -0.05) is 72.8 Å². The number of nitrogens with zero attached hydrogens (tertiary/aromatic N) is 1. The maximum Gasteiger partial charge on any atom is 0.227 e. The molecule has 23 heteroatoms. The monoisotopic (exact) mass is 991 g/mol. The number of rotatable bonds is 8. The number of allylic oxidation sites excluding steroid dienone is 1. The van der Waals surface area contributed by atoms with E-state index in [0.717, 1.165) is 11.3 Å². The summed E-state index contributed by atoms with van der Waals surface area (Å²) >= 11 is 0. The quantitative estimate of drug-likeness (QED) is 0.0371. The van der Waals surface area contributed by atoms with Crippen molar-refractivity contribution in [2.45, 2.75) is 12.5 Å². The summed E-state index contributed by atoms with van der Waals surface area (Å²) in [7, 11) is 0. The van der Waals surface area contributed by atoms with Crippen molar-refractivity contribution in [3.8, 4) is 0 Å². The van der Waals surface area contributed by atoms with E-state index >= 15 is 35.1 Å². The molecule has 7 aromatic rings. The molecule has 1 aromatic heterocycles. The molecule has 0 aliphatic heterocycles. The molecule has 8 rings (SSSR count). The van der Waals surface area contributed by atoms with Crippen LogP contribution in [0.3, 0.4) is 0 Å². The van der Waals surface area contributed by atoms with Crippen LogP contribution in [0.1, 0.15) is 33.1 Å². The Labute approximate surface area is 372 Å². The van der Waals surface area contributed by atoms with Gasteiger partial charge in [-0.3, -0.25) is 4.79 Å². The zero-order valence-corrected chi connectivity index (χ0v) is 33.4. The first-order chi connectivity index (χ1) is 32.5. The second kappa shape index (κ2) is 18.6. The average Bonchev–Trinajstić information content (AvgIpc) is 3.78. The van der Waals surface area contributed by atoms with E-state index in [-0.39, 0.29) is 11.7 Å². The number of halogens is 20. The van der Waals surface area contributed by atoms with Crippen LogP contribution in [0, 0.1) is 116 Å². The van der Waals surface area contributed by atoms with E-state index in [0.29, 0.717) is 6.54 Å². The van der Waals surface area contributed by atoms with Crippen LogP contribution in [-0.4, -0.2) is 11.9 Å². The Balaban J connectivity index is 0.000000244. The lowest BCUT2D eigenvalue weighted by atomic mass is 9.12. The van der Waals surface area contributed by atoms with Gasteiger partial charge >= 0.3 is 0 Å². The predicted octanol–water partition coefficient (Wildman–Crippen LogP) is 9.86. The molecule has 0 saturated heterocycles. The molecule has 1 atom stereocenters. The van der Waals surface area contributed by atoms with E-state index in [2.05, 4.69) is 47.1 Å². The lowest BCUT2D eigenvalue weighted by Gasteiger charge is -2.44. The summed E-state index contributed by atoms with van der Waals surface area (Å²) in [5, 5.41) is 0. The lowest BCUT2D eigenvalue weighted by molar-refractivity contribution is -0.691. The van der Waals surface area contributed by atoms with Crippen LogP contribution < -0.4 is 26.4 Å². The van der Waals surface area contributed by atoms with Crippen molar-refractivity contribution in [3.63, 3.8) is 0 Å². The molecule has 0 amide bonds. The summed E-state index contributed by atoms with van der Waals surface area (Å²) in [6.07, 6.45) is -0.851. The molecule has 0 N–H and O–H groups in total. The van der Waals surface area contributed by atoms with Gasteiger partial charge in [-0.2, -0.15) is 4.57 Å². The summed E-state index contributed by atoms with van der Waals surface area (Å²) in [6.45, 7) is 0.354. The van der Waals surface area contributed by atoms with E-state index in [1.165, 1.54) is 11.1 Å². The maximum absolute atomic E-state index is 15.4. The molecule has 1 heterocycles. The molecule has 1 unspecified atom stereocenters. The Kier molecular flexibility index (Phi) is 13.3. The molecule has 6 aromatic carbocycles. The van der Waals surface area contributed by atoms with Gasteiger partial charge in [-0.25, -0.2) is 87.8 Å². The van der Waals surface area contributed by atoms with E-state index in [1.54, 1.807) is 0 Å². The highest BCUT2D eigenvalue weighted by Crippen LogP contribution is 2.34. The summed E-state index contributed by atoms with van der Waals surface area (Å²) < 4.78 is 296. The highest BCUT2D eigenvalue weighted by molar-refractivity contribution is 7.20. The normalized spacial score (nSPS) is 13.1. The molecule has 1 aliphatic carbocycles. The minimum Gasteiger partial charge on any atom is -0.287 e. The van der Waals surface area contributed by atoms with Crippen LogP contribution in [0.25, 0.3) is 6.08 Å². The van der Waals surface area contributed by atoms with Gasteiger partial charge in [0.25, 0.3) is 0 Å². The summed E-state index contributed by atoms with van der Waals surface area (Å²) in [5.41, 5.74) is -9.88. The zero-order valence-electron chi connectivity index (χ0n) is 33.4. The second-order valence-electron chi connectivity index (χ2n) is 14.8. The van der Waals surface area contributed by atoms with Crippen LogP contribution in [0.5, 0.6) is 0 Å². The van der Waals surface area contributed by atoms with Gasteiger partial charge in [-0.05, 0) is 11.1 Å². The molecular weight excluding hydrogens is 973 g/mol. The fourth-order valence-electron chi connectivity index (χ4n) is 8.17. The van der Waals surface area contributed by atoms with Gasteiger partial charge in [0, 0.05) is 17.7 Å². The van der Waals surface area contributed by atoms with Crippen molar-refractivity contribution in [3.05, 3.63) is 224 Å². The number of hydrogen-bond acceptors (Lipinski definition) is 1. The van der Waals surface area contributed by atoms with E-state index in [9.17, 15) is 57.5 Å². The van der Waals surface area contributed by atoms with Crippen LogP contribution in [-0.2, 0) is 6.54 Å². The summed E-state index contributed by atoms with van der Waals surface area (Å²) in [5.74, 6) is -71.1. The van der Waals surface area contributed by atoms with Gasteiger partial charge in [-0.15, -0.1) is 21.9 Å². The molecule has 0 saturated carbocycles. The van der Waals surface area contributed by atoms with Crippen LogP contribution >= 0.6 is 0 Å². The average molecular weight is 991 g/mol. The Hall–Kier alpha value is -7.46. The molecule has 0 spiro atoms. The first kappa shape index (κ1) is 49.4. The van der Waals surface area contributed by atoms with Gasteiger partial charge < -0.3 is 0 Å². The lowest BCUT2D eigenvalue weighted by Crippen LogP contribution is -2.81. The van der Waals surface area contributed by atoms with Crippen molar-refractivity contribution in [2.24, 2.45) is 0 Å². The van der Waals surface area contributed by atoms with Crippen LogP contribution in [0.4, 0.5) is 87.8 Å². The van der Waals surface area contributed by atoms with Crippen molar-refractivity contribution in [1.29, 1.82) is 0 Å². The predicted molar refractivity (Wildman–Crippen MR) is 204 cm³/mol. The van der Waals surface area contributed by atoms with Gasteiger partial charge in [0.2, 0.25) is 12.3 Å². The Morgan fingerprint density at radius 1 is 0.391 bits per heavy atom. The third-order valence-corrected chi connectivity index (χ3v) is 11.2. The number of Topliss-reactive ketones (excluding diaryl/α,β-unsaturated/α-hetero) is 1. The number of aromatic nitrogens is 1. The smallest absolute Gasteiger partial charge is 0.227 e. The minimum absolute atomic E-state index is 0.128. The van der Waals surface area contributed by atoms with Gasteiger partial charge in [0.15, 0.2) is 81.7 Å². The number of benzene rings is 6. The SMILES string of the molecule is Fc1c(F)c(F)c([B-](c2c(F)c(F)c(F)c(F)c2F)(c2c(F)c(F)c(F)c(F)c2F)c2c(F)c(F)c(F)c(F)c2F)c(F)c1F.O=C(C[n+]1ccccc1C1C=Cc2ccccc21)c1ccccc1. The van der Waals surface area contributed by atoms with Crippen molar-refractivity contribution in [2.75, 3.05) is 0 Å². The standard InChI is InChI=1S/C24BF20.C22H18NO/c26-5-1(6(27)14(35)21(42)13(5)34)25(2-7(28)15(36)22(43)16(37)8(2)29,3-9(30)17(38)23(44)18(39)10(3)31)4-11(32)19(40)24(45)20(41)12(4)33;24-22(18-9-2-1-3-10-18)16-23-15-7-6-12-21(23)20-14-13-17-8-4-5-11-19(17)20/h;1-15,20H,16H2/q-1;+1. The number of carbonyl (C=O) groups is 1. The molecule has 1 aliphatic rings. The highest BCUT2D eigenvalue weighted by Gasteiger charge is 2.52. The molecular formula is C46H18BF20NO. The van der Waals surface area contributed by atoms with Gasteiger partial charge in [0.05, 0.1) is 5.92 Å². The van der Waals surface area contributed by atoms with E-state index in [4.69, 9.17) is 0 Å². The molecule has 0 fully saturated rings. The largest absolute Gasteiger partial charge is 0.287 e. The minimum atomic E-state index is -7.22. The third-order valence-electron chi connectivity index (χ3n) is 11.2. The van der Waals surface area contributed by atoms with Crippen molar-refractivity contribution < 1.29 is 97.2 Å². The van der Waals surface area contributed by atoms with Crippen LogP contribution in [0.15, 0.2) is 85.1 Å². The number of ketones is 1. The van der Waals surface area contributed by atoms with Gasteiger partial charge in [0.1, 0.15) is 52.7 Å². The maximum atomic E-state index is 15.4. The second-order valence-corrected chi connectivity index (χ2v) is 14.8. The molecule has 2 nitrogen and oxygen atoms in total. The van der Waals surface area contributed by atoms with Crippen molar-refractivity contribution >= 4 is 39.9 Å². The molecule has 69 heavy (non-hydrogen) atoms. The fraction of sp³-hybridized carbons (Fsp3) is 0.0435. The zero-order chi connectivity index (χ0) is 50.7. The molecule has 356 valence electrons. The topological polar surface area (TPSA) is 20.9 Å². The Bertz CT molecular complexity index is 2910.